The van der Waals surface area contributed by atoms with Crippen molar-refractivity contribution in [2.75, 3.05) is 9.80 Å². The van der Waals surface area contributed by atoms with Crippen LogP contribution in [-0.4, -0.2) is 24.4 Å². The van der Waals surface area contributed by atoms with Crippen LogP contribution in [0, 0.1) is 0 Å². The van der Waals surface area contributed by atoms with Crippen LogP contribution in [-0.2, 0) is 9.31 Å². The highest BCUT2D eigenvalue weighted by Gasteiger charge is 2.51. The standard InChI is InChI=1S/C49H43BN2O2/c1-48(2)49(3,4)54-50(53-48)39-26-31-43(32-27-39)51(41-19-13-16-36(22-28-41)35-14-7-5-8-15-35)42-29-23-37(24-30-42)38-25-33-47-45(34-38)44-20-11-12-21-46(44)52(47)40-17-9-6-10-18-40/h5-15,17-20,22-34,46H,21H2,1-4H3. The second-order valence-electron chi connectivity index (χ2n) is 15.3. The van der Waals surface area contributed by atoms with Crippen LogP contribution in [0.5, 0.6) is 0 Å². The molecular weight excluding hydrogens is 659 g/mol. The molecule has 1 unspecified atom stereocenters. The molecule has 2 aliphatic carbocycles. The van der Waals surface area contributed by atoms with E-state index >= 15 is 0 Å². The summed E-state index contributed by atoms with van der Waals surface area (Å²) in [5, 5.41) is 0. The summed E-state index contributed by atoms with van der Waals surface area (Å²) < 4.78 is 12.8. The summed E-state index contributed by atoms with van der Waals surface area (Å²) in [5.74, 6) is 0. The van der Waals surface area contributed by atoms with E-state index in [1.54, 1.807) is 0 Å². The van der Waals surface area contributed by atoms with Crippen LogP contribution in [0.1, 0.15) is 45.2 Å². The van der Waals surface area contributed by atoms with E-state index in [0.717, 1.165) is 40.1 Å². The van der Waals surface area contributed by atoms with Crippen molar-refractivity contribution in [1.82, 2.24) is 0 Å². The molecule has 0 aromatic heterocycles. The average molecular weight is 703 g/mol. The van der Waals surface area contributed by atoms with E-state index in [0.29, 0.717) is 6.04 Å². The highest BCUT2D eigenvalue weighted by atomic mass is 16.7. The van der Waals surface area contributed by atoms with Crippen LogP contribution in [0.25, 0.3) is 22.3 Å². The number of benzene rings is 5. The average Bonchev–Trinajstić information content (AvgIpc) is 3.50. The largest absolute Gasteiger partial charge is 0.494 e. The first-order chi connectivity index (χ1) is 26.3. The maximum atomic E-state index is 6.38. The summed E-state index contributed by atoms with van der Waals surface area (Å²) in [6, 6.07) is 45.9. The van der Waals surface area contributed by atoms with E-state index in [1.807, 2.05) is 12.1 Å². The van der Waals surface area contributed by atoms with Crippen molar-refractivity contribution in [3.05, 3.63) is 192 Å². The van der Waals surface area contributed by atoms with Gasteiger partial charge >= 0.3 is 7.12 Å². The van der Waals surface area contributed by atoms with Gasteiger partial charge in [-0.2, -0.15) is 0 Å². The van der Waals surface area contributed by atoms with Gasteiger partial charge in [0.05, 0.1) is 17.2 Å². The third-order valence-corrected chi connectivity index (χ3v) is 11.4. The van der Waals surface area contributed by atoms with Gasteiger partial charge in [0.1, 0.15) is 0 Å². The van der Waals surface area contributed by atoms with Gasteiger partial charge in [0.2, 0.25) is 0 Å². The van der Waals surface area contributed by atoms with Crippen molar-refractivity contribution < 1.29 is 9.31 Å². The van der Waals surface area contributed by atoms with Crippen LogP contribution in [0.4, 0.5) is 22.7 Å². The maximum absolute atomic E-state index is 6.38. The van der Waals surface area contributed by atoms with E-state index < -0.39 is 18.3 Å². The Bertz CT molecular complexity index is 2380. The van der Waals surface area contributed by atoms with Crippen LogP contribution in [0.15, 0.2) is 181 Å². The molecule has 0 saturated carbocycles. The number of nitrogens with zero attached hydrogens (tertiary/aromatic N) is 2. The Labute approximate surface area is 319 Å². The SMILES string of the molecule is CC1(C)OB(c2ccc(N(C3=CC=C=C(c4ccccc4)C=C3)c3ccc(-c4ccc5c(c4)C4=CC=CCC4N5c4ccccc4)cc3)cc2)OC1(C)C. The monoisotopic (exact) mass is 702 g/mol. The summed E-state index contributed by atoms with van der Waals surface area (Å²) in [4.78, 5) is 4.79. The lowest BCUT2D eigenvalue weighted by atomic mass is 9.79. The van der Waals surface area contributed by atoms with Gasteiger partial charge in [-0.25, -0.2) is 0 Å². The molecule has 9 rings (SSSR count). The smallest absolute Gasteiger partial charge is 0.399 e. The lowest BCUT2D eigenvalue weighted by molar-refractivity contribution is 0.00578. The van der Waals surface area contributed by atoms with Gasteiger partial charge in [0, 0.05) is 39.6 Å². The van der Waals surface area contributed by atoms with E-state index in [2.05, 4.69) is 201 Å². The van der Waals surface area contributed by atoms with Crippen LogP contribution < -0.4 is 15.3 Å². The number of rotatable bonds is 7. The van der Waals surface area contributed by atoms with Crippen LogP contribution in [0.3, 0.4) is 0 Å². The van der Waals surface area contributed by atoms with E-state index in [9.17, 15) is 0 Å². The molecule has 1 fully saturated rings. The third kappa shape index (κ3) is 6.11. The number of hydrogen-bond acceptors (Lipinski definition) is 4. The summed E-state index contributed by atoms with van der Waals surface area (Å²) in [6.45, 7) is 8.36. The second-order valence-corrected chi connectivity index (χ2v) is 15.3. The fourth-order valence-corrected chi connectivity index (χ4v) is 7.81. The van der Waals surface area contributed by atoms with Crippen molar-refractivity contribution in [2.45, 2.75) is 51.4 Å². The molecule has 54 heavy (non-hydrogen) atoms. The zero-order chi connectivity index (χ0) is 36.9. The summed E-state index contributed by atoms with van der Waals surface area (Å²) >= 11 is 0. The number of para-hydroxylation sites is 1. The topological polar surface area (TPSA) is 24.9 Å². The molecule has 5 aromatic carbocycles. The molecule has 264 valence electrons. The van der Waals surface area contributed by atoms with Crippen LogP contribution in [0.2, 0.25) is 0 Å². The van der Waals surface area contributed by atoms with Crippen molar-refractivity contribution in [2.24, 2.45) is 0 Å². The molecule has 0 radical (unpaired) electrons. The minimum absolute atomic E-state index is 0.307. The van der Waals surface area contributed by atoms with Crippen molar-refractivity contribution >= 4 is 46.5 Å². The Kier molecular flexibility index (Phi) is 8.52. The first kappa shape index (κ1) is 34.0. The fraction of sp³-hybridized carbons (Fsp3) is 0.163. The molecule has 0 bridgehead atoms. The molecule has 1 saturated heterocycles. The molecule has 2 aliphatic heterocycles. The third-order valence-electron chi connectivity index (χ3n) is 11.4. The molecule has 4 aliphatic rings. The molecule has 0 spiro atoms. The van der Waals surface area contributed by atoms with Gasteiger partial charge < -0.3 is 19.1 Å². The Balaban J connectivity index is 1.05. The number of anilines is 4. The van der Waals surface area contributed by atoms with E-state index in [-0.39, 0.29) is 0 Å². The molecule has 0 amide bonds. The Hall–Kier alpha value is -5.84. The highest BCUT2D eigenvalue weighted by molar-refractivity contribution is 6.62. The lowest BCUT2D eigenvalue weighted by Gasteiger charge is -2.32. The maximum Gasteiger partial charge on any atom is 0.494 e. The lowest BCUT2D eigenvalue weighted by Crippen LogP contribution is -2.41. The van der Waals surface area contributed by atoms with Gasteiger partial charge in [0.15, 0.2) is 0 Å². The number of hydrogen-bond donors (Lipinski definition) is 0. The van der Waals surface area contributed by atoms with Gasteiger partial charge in [-0.3, -0.25) is 0 Å². The second kappa shape index (κ2) is 13.5. The molecule has 2 heterocycles. The Morgan fingerprint density at radius 2 is 1.33 bits per heavy atom. The van der Waals surface area contributed by atoms with Crippen molar-refractivity contribution in [3.63, 3.8) is 0 Å². The molecular formula is C49H43BN2O2. The van der Waals surface area contributed by atoms with Gasteiger partial charge in [-0.05, 0) is 135 Å². The first-order valence-electron chi connectivity index (χ1n) is 18.9. The van der Waals surface area contributed by atoms with Crippen molar-refractivity contribution in [3.8, 4) is 11.1 Å². The number of fused-ring (bicyclic) bond motifs is 3. The zero-order valence-electron chi connectivity index (χ0n) is 31.2. The van der Waals surface area contributed by atoms with Crippen LogP contribution >= 0.6 is 0 Å². The van der Waals surface area contributed by atoms with E-state index in [1.165, 1.54) is 33.6 Å². The quantitative estimate of drug-likeness (QED) is 0.125. The minimum atomic E-state index is -0.419. The minimum Gasteiger partial charge on any atom is -0.399 e. The Morgan fingerprint density at radius 3 is 2.04 bits per heavy atom. The molecule has 4 nitrogen and oxygen atoms in total. The molecule has 0 N–H and O–H groups in total. The fourth-order valence-electron chi connectivity index (χ4n) is 7.81. The Morgan fingerprint density at radius 1 is 0.685 bits per heavy atom. The summed E-state index contributed by atoms with van der Waals surface area (Å²) in [7, 11) is -0.419. The zero-order valence-corrected chi connectivity index (χ0v) is 31.2. The van der Waals surface area contributed by atoms with Gasteiger partial charge in [-0.1, -0.05) is 97.1 Å². The normalized spacial score (nSPS) is 19.1. The predicted octanol–water partition coefficient (Wildman–Crippen LogP) is 11.3. The van der Waals surface area contributed by atoms with Gasteiger partial charge in [-0.15, -0.1) is 5.73 Å². The predicted molar refractivity (Wildman–Crippen MR) is 225 cm³/mol. The first-order valence-corrected chi connectivity index (χ1v) is 18.9. The number of allylic oxidation sites excluding steroid dienone is 6. The van der Waals surface area contributed by atoms with E-state index in [4.69, 9.17) is 9.31 Å². The molecule has 5 aromatic rings. The highest BCUT2D eigenvalue weighted by Crippen LogP contribution is 2.48. The molecule has 5 heteroatoms. The van der Waals surface area contributed by atoms with Crippen molar-refractivity contribution in [1.29, 1.82) is 0 Å². The molecule has 1 atom stereocenters. The van der Waals surface area contributed by atoms with Gasteiger partial charge in [0.25, 0.3) is 0 Å². The summed E-state index contributed by atoms with van der Waals surface area (Å²) in [5.41, 5.74) is 16.6. The summed E-state index contributed by atoms with van der Waals surface area (Å²) in [6.07, 6.45) is 16.2.